The van der Waals surface area contributed by atoms with Gasteiger partial charge in [-0.1, -0.05) is 35.9 Å². The van der Waals surface area contributed by atoms with Gasteiger partial charge in [0.1, 0.15) is 0 Å². The number of hydrogen-bond acceptors (Lipinski definition) is 3. The Hall–Kier alpha value is -2.26. The van der Waals surface area contributed by atoms with Gasteiger partial charge in [-0.2, -0.15) is 0 Å². The molecule has 2 N–H and O–H groups in total. The van der Waals surface area contributed by atoms with Crippen LogP contribution in [-0.2, 0) is 6.42 Å². The lowest BCUT2D eigenvalue weighted by Crippen LogP contribution is -2.13. The summed E-state index contributed by atoms with van der Waals surface area (Å²) < 4.78 is 0. The van der Waals surface area contributed by atoms with Gasteiger partial charge >= 0.3 is 0 Å². The Balaban J connectivity index is 2.00. The zero-order chi connectivity index (χ0) is 15.0. The predicted molar refractivity (Wildman–Crippen MR) is 81.9 cm³/mol. The van der Waals surface area contributed by atoms with Gasteiger partial charge in [-0.05, 0) is 42.2 Å². The van der Waals surface area contributed by atoms with E-state index in [4.69, 9.17) is 11.6 Å². The van der Waals surface area contributed by atoms with Crippen LogP contribution >= 0.6 is 11.6 Å². The fourth-order valence-corrected chi connectivity index (χ4v) is 2.77. The Morgan fingerprint density at radius 1 is 1.10 bits per heavy atom. The molecule has 3 rings (SSSR count). The Morgan fingerprint density at radius 2 is 1.86 bits per heavy atom. The van der Waals surface area contributed by atoms with E-state index in [0.717, 1.165) is 17.5 Å². The van der Waals surface area contributed by atoms with E-state index in [2.05, 4.69) is 0 Å². The molecule has 2 aromatic rings. The minimum absolute atomic E-state index is 0.000497. The van der Waals surface area contributed by atoms with Crippen LogP contribution < -0.4 is 0 Å². The fraction of sp³-hybridized carbons (Fsp3) is 0.118. The first-order chi connectivity index (χ1) is 10.1. The number of rotatable bonds is 1. The van der Waals surface area contributed by atoms with E-state index < -0.39 is 0 Å². The van der Waals surface area contributed by atoms with Gasteiger partial charge in [0, 0.05) is 11.1 Å². The molecule has 0 saturated carbocycles. The van der Waals surface area contributed by atoms with Crippen LogP contribution in [0.2, 0.25) is 5.02 Å². The van der Waals surface area contributed by atoms with Crippen LogP contribution in [0, 0.1) is 0 Å². The minimum Gasteiger partial charge on any atom is -0.504 e. The van der Waals surface area contributed by atoms with E-state index in [-0.39, 0.29) is 22.3 Å². The van der Waals surface area contributed by atoms with Crippen LogP contribution in [0.4, 0.5) is 0 Å². The largest absolute Gasteiger partial charge is 0.504 e. The highest BCUT2D eigenvalue weighted by Gasteiger charge is 2.21. The van der Waals surface area contributed by atoms with Gasteiger partial charge in [0.25, 0.3) is 0 Å². The summed E-state index contributed by atoms with van der Waals surface area (Å²) in [6, 6.07) is 10.5. The second-order valence-corrected chi connectivity index (χ2v) is 5.43. The van der Waals surface area contributed by atoms with Gasteiger partial charge in [-0.3, -0.25) is 4.79 Å². The lowest BCUT2D eigenvalue weighted by Gasteiger charge is -2.17. The molecule has 1 aliphatic carbocycles. The Kier molecular flexibility index (Phi) is 3.43. The molecule has 106 valence electrons. The number of allylic oxidation sites excluding steroid dienone is 1. The SMILES string of the molecule is O=C1/C(=C/c2cc(O)c(O)c(Cl)c2)CCc2ccccc21. The first kappa shape index (κ1) is 13.7. The predicted octanol–water partition coefficient (Wildman–Crippen LogP) is 3.96. The van der Waals surface area contributed by atoms with Crippen molar-refractivity contribution in [2.24, 2.45) is 0 Å². The van der Waals surface area contributed by atoms with Crippen LogP contribution in [0.25, 0.3) is 6.08 Å². The average molecular weight is 301 g/mol. The number of carbonyl (C=O) groups excluding carboxylic acids is 1. The topological polar surface area (TPSA) is 57.5 Å². The van der Waals surface area contributed by atoms with Crippen molar-refractivity contribution in [1.82, 2.24) is 0 Å². The molecular weight excluding hydrogens is 288 g/mol. The average Bonchev–Trinajstić information content (AvgIpc) is 2.48. The van der Waals surface area contributed by atoms with Crippen molar-refractivity contribution in [3.05, 3.63) is 63.7 Å². The molecule has 0 spiro atoms. The highest BCUT2D eigenvalue weighted by Crippen LogP contribution is 2.35. The van der Waals surface area contributed by atoms with E-state index in [1.54, 1.807) is 6.08 Å². The third-order valence-electron chi connectivity index (χ3n) is 3.62. The van der Waals surface area contributed by atoms with Gasteiger partial charge in [-0.15, -0.1) is 0 Å². The van der Waals surface area contributed by atoms with Crippen LogP contribution in [0.3, 0.4) is 0 Å². The maximum Gasteiger partial charge on any atom is 0.189 e. The van der Waals surface area contributed by atoms with Crippen molar-refractivity contribution < 1.29 is 15.0 Å². The third kappa shape index (κ3) is 2.52. The van der Waals surface area contributed by atoms with Crippen LogP contribution in [-0.4, -0.2) is 16.0 Å². The van der Waals surface area contributed by atoms with E-state index in [0.29, 0.717) is 17.6 Å². The van der Waals surface area contributed by atoms with Gasteiger partial charge in [-0.25, -0.2) is 0 Å². The molecule has 0 heterocycles. The maximum absolute atomic E-state index is 12.4. The Bertz CT molecular complexity index is 739. The molecule has 0 atom stereocenters. The van der Waals surface area contributed by atoms with Crippen molar-refractivity contribution in [3.63, 3.8) is 0 Å². The summed E-state index contributed by atoms with van der Waals surface area (Å²) in [5.41, 5.74) is 3.06. The molecule has 0 unspecified atom stereocenters. The standard InChI is InChI=1S/C17H13ClO3/c18-14-8-10(9-15(19)17(14)21)7-12-6-5-11-3-1-2-4-13(11)16(12)20/h1-4,7-9,19,21H,5-6H2/b12-7+. The molecule has 0 aromatic heterocycles. The number of aromatic hydroxyl groups is 2. The van der Waals surface area contributed by atoms with E-state index in [1.165, 1.54) is 12.1 Å². The van der Waals surface area contributed by atoms with Crippen molar-refractivity contribution in [3.8, 4) is 11.5 Å². The lowest BCUT2D eigenvalue weighted by molar-refractivity contribution is 0.102. The van der Waals surface area contributed by atoms with Crippen LogP contribution in [0.1, 0.15) is 27.9 Å². The number of Topliss-reactive ketones (excluding diaryl/α,β-unsaturated/α-hetero) is 1. The number of fused-ring (bicyclic) bond motifs is 1. The quantitative estimate of drug-likeness (QED) is 0.619. The number of benzene rings is 2. The smallest absolute Gasteiger partial charge is 0.189 e. The third-order valence-corrected chi connectivity index (χ3v) is 3.91. The summed E-state index contributed by atoms with van der Waals surface area (Å²) in [5.74, 6) is -0.641. The monoisotopic (exact) mass is 300 g/mol. The van der Waals surface area contributed by atoms with Gasteiger partial charge < -0.3 is 10.2 Å². The molecule has 21 heavy (non-hydrogen) atoms. The van der Waals surface area contributed by atoms with Crippen molar-refractivity contribution in [2.75, 3.05) is 0 Å². The molecule has 0 amide bonds. The lowest BCUT2D eigenvalue weighted by atomic mass is 9.86. The first-order valence-electron chi connectivity index (χ1n) is 6.61. The van der Waals surface area contributed by atoms with Crippen molar-refractivity contribution in [1.29, 1.82) is 0 Å². The summed E-state index contributed by atoms with van der Waals surface area (Å²) in [6.07, 6.45) is 3.17. The van der Waals surface area contributed by atoms with E-state index >= 15 is 0 Å². The number of phenolic OH excluding ortho intramolecular Hbond substituents is 2. The second-order valence-electron chi connectivity index (χ2n) is 5.03. The summed E-state index contributed by atoms with van der Waals surface area (Å²) >= 11 is 5.83. The fourth-order valence-electron chi connectivity index (χ4n) is 2.54. The molecule has 4 heteroatoms. The van der Waals surface area contributed by atoms with Gasteiger partial charge in [0.15, 0.2) is 17.3 Å². The highest BCUT2D eigenvalue weighted by molar-refractivity contribution is 6.32. The molecule has 2 aromatic carbocycles. The Labute approximate surface area is 127 Å². The number of carbonyl (C=O) groups is 1. The molecule has 0 fully saturated rings. The highest BCUT2D eigenvalue weighted by atomic mass is 35.5. The van der Waals surface area contributed by atoms with Crippen molar-refractivity contribution in [2.45, 2.75) is 12.8 Å². The van der Waals surface area contributed by atoms with E-state index in [1.807, 2.05) is 24.3 Å². The summed E-state index contributed by atoms with van der Waals surface area (Å²) in [7, 11) is 0. The number of phenols is 2. The molecule has 3 nitrogen and oxygen atoms in total. The summed E-state index contributed by atoms with van der Waals surface area (Å²) in [6.45, 7) is 0. The zero-order valence-corrected chi connectivity index (χ0v) is 11.9. The molecule has 0 saturated heterocycles. The van der Waals surface area contributed by atoms with Gasteiger partial charge in [0.05, 0.1) is 5.02 Å². The van der Waals surface area contributed by atoms with Crippen LogP contribution in [0.15, 0.2) is 42.0 Å². The first-order valence-corrected chi connectivity index (χ1v) is 6.98. The molecule has 0 radical (unpaired) electrons. The zero-order valence-electron chi connectivity index (χ0n) is 11.1. The summed E-state index contributed by atoms with van der Waals surface area (Å²) in [4.78, 5) is 12.4. The second kappa shape index (κ2) is 5.26. The number of halogens is 1. The summed E-state index contributed by atoms with van der Waals surface area (Å²) in [5, 5.41) is 19.1. The molecule has 0 aliphatic heterocycles. The van der Waals surface area contributed by atoms with E-state index in [9.17, 15) is 15.0 Å². The molecular formula is C17H13ClO3. The normalized spacial score (nSPS) is 16.0. The maximum atomic E-state index is 12.4. The number of ketones is 1. The Morgan fingerprint density at radius 3 is 2.62 bits per heavy atom. The molecule has 1 aliphatic rings. The van der Waals surface area contributed by atoms with Crippen molar-refractivity contribution >= 4 is 23.5 Å². The number of hydrogen-bond donors (Lipinski definition) is 2. The van der Waals surface area contributed by atoms with Gasteiger partial charge in [0.2, 0.25) is 0 Å². The molecule has 0 bridgehead atoms. The minimum atomic E-state index is -0.348. The number of aryl methyl sites for hydroxylation is 1. The van der Waals surface area contributed by atoms with Crippen LogP contribution in [0.5, 0.6) is 11.5 Å².